The molecule has 0 saturated heterocycles. The number of sulfonamides is 1. The van der Waals surface area contributed by atoms with E-state index < -0.39 is 10.0 Å². The highest BCUT2D eigenvalue weighted by Crippen LogP contribution is 2.39. The van der Waals surface area contributed by atoms with E-state index in [0.717, 1.165) is 23.6 Å². The van der Waals surface area contributed by atoms with Crippen molar-refractivity contribution in [3.8, 4) is 0 Å². The Morgan fingerprint density at radius 2 is 2.18 bits per heavy atom. The van der Waals surface area contributed by atoms with E-state index in [-0.39, 0.29) is 0 Å². The van der Waals surface area contributed by atoms with E-state index >= 15 is 0 Å². The maximum atomic E-state index is 10.8. The summed E-state index contributed by atoms with van der Waals surface area (Å²) in [6, 6.07) is 0. The Hall–Kier alpha value is -0.730. The Morgan fingerprint density at radius 3 is 2.82 bits per heavy atom. The number of nitrogens with one attached hydrogen (secondary N) is 2. The van der Waals surface area contributed by atoms with E-state index in [0.29, 0.717) is 19.0 Å². The molecule has 17 heavy (non-hydrogen) atoms. The molecule has 1 aromatic heterocycles. The highest BCUT2D eigenvalue weighted by molar-refractivity contribution is 7.88. The maximum absolute atomic E-state index is 10.8. The first-order valence-electron chi connectivity index (χ1n) is 5.57. The second kappa shape index (κ2) is 5.28. The van der Waals surface area contributed by atoms with Crippen LogP contribution in [0.1, 0.15) is 31.0 Å². The van der Waals surface area contributed by atoms with Crippen LogP contribution in [0.4, 0.5) is 5.13 Å². The molecule has 1 aliphatic carbocycles. The molecule has 1 aromatic rings. The fourth-order valence-corrected chi connectivity index (χ4v) is 2.54. The van der Waals surface area contributed by atoms with Crippen molar-refractivity contribution in [1.82, 2.24) is 14.1 Å². The molecule has 0 amide bonds. The van der Waals surface area contributed by atoms with Crippen LogP contribution in [0.25, 0.3) is 0 Å². The van der Waals surface area contributed by atoms with Gasteiger partial charge in [0.2, 0.25) is 15.2 Å². The van der Waals surface area contributed by atoms with E-state index in [2.05, 4.69) is 19.4 Å². The molecule has 0 radical (unpaired) electrons. The van der Waals surface area contributed by atoms with Gasteiger partial charge in [0.1, 0.15) is 5.82 Å². The smallest absolute Gasteiger partial charge is 0.208 e. The number of anilines is 1. The Labute approximate surface area is 105 Å². The van der Waals surface area contributed by atoms with Crippen molar-refractivity contribution >= 4 is 26.7 Å². The molecule has 0 aliphatic heterocycles. The third-order valence-corrected chi connectivity index (χ3v) is 3.79. The second-order valence-corrected chi connectivity index (χ2v) is 6.76. The summed E-state index contributed by atoms with van der Waals surface area (Å²) in [7, 11) is -3.07. The maximum Gasteiger partial charge on any atom is 0.208 e. The van der Waals surface area contributed by atoms with E-state index in [1.54, 1.807) is 0 Å². The van der Waals surface area contributed by atoms with Crippen LogP contribution in [0.5, 0.6) is 0 Å². The van der Waals surface area contributed by atoms with E-state index in [1.807, 2.05) is 0 Å². The van der Waals surface area contributed by atoms with Crippen LogP contribution in [0.2, 0.25) is 0 Å². The van der Waals surface area contributed by atoms with Gasteiger partial charge in [-0.25, -0.2) is 18.1 Å². The molecular weight excluding hydrogens is 260 g/mol. The van der Waals surface area contributed by atoms with Crippen LogP contribution in [0.3, 0.4) is 0 Å². The molecule has 0 aromatic carbocycles. The van der Waals surface area contributed by atoms with Crippen molar-refractivity contribution in [2.24, 2.45) is 0 Å². The van der Waals surface area contributed by atoms with Crippen molar-refractivity contribution in [2.45, 2.75) is 25.2 Å². The average Bonchev–Trinajstić information content (AvgIpc) is 2.97. The molecule has 6 nitrogen and oxygen atoms in total. The van der Waals surface area contributed by atoms with Crippen LogP contribution in [-0.2, 0) is 10.0 Å². The summed E-state index contributed by atoms with van der Waals surface area (Å²) in [5.41, 5.74) is 0. The zero-order valence-electron chi connectivity index (χ0n) is 9.64. The zero-order valence-corrected chi connectivity index (χ0v) is 11.3. The third kappa shape index (κ3) is 4.57. The number of hydrogen-bond acceptors (Lipinski definition) is 6. The summed E-state index contributed by atoms with van der Waals surface area (Å²) in [4.78, 5) is 4.38. The van der Waals surface area contributed by atoms with Gasteiger partial charge in [-0.3, -0.25) is 0 Å². The summed E-state index contributed by atoms with van der Waals surface area (Å²) in [5, 5.41) is 3.97. The summed E-state index contributed by atoms with van der Waals surface area (Å²) in [6.45, 7) is 1.14. The molecule has 0 unspecified atom stereocenters. The normalized spacial score (nSPS) is 16.1. The van der Waals surface area contributed by atoms with E-state index in [9.17, 15) is 8.42 Å². The van der Waals surface area contributed by atoms with Crippen LogP contribution < -0.4 is 10.0 Å². The van der Waals surface area contributed by atoms with Crippen LogP contribution >= 0.6 is 11.5 Å². The first kappa shape index (κ1) is 12.7. The second-order valence-electron chi connectivity index (χ2n) is 4.18. The van der Waals surface area contributed by atoms with Gasteiger partial charge < -0.3 is 5.32 Å². The summed E-state index contributed by atoms with van der Waals surface area (Å²) >= 11 is 1.37. The van der Waals surface area contributed by atoms with Crippen LogP contribution in [0, 0.1) is 0 Å². The molecule has 96 valence electrons. The lowest BCUT2D eigenvalue weighted by Gasteiger charge is -2.02. The minimum absolute atomic E-state index is 0.445. The molecule has 8 heteroatoms. The number of aromatic nitrogens is 2. The lowest BCUT2D eigenvalue weighted by molar-refractivity contribution is 0.586. The van der Waals surface area contributed by atoms with Crippen molar-refractivity contribution in [1.29, 1.82) is 0 Å². The van der Waals surface area contributed by atoms with Gasteiger partial charge in [-0.15, -0.1) is 0 Å². The molecule has 0 bridgehead atoms. The molecule has 0 atom stereocenters. The van der Waals surface area contributed by atoms with E-state index in [1.165, 1.54) is 24.4 Å². The van der Waals surface area contributed by atoms with Gasteiger partial charge in [0.25, 0.3) is 0 Å². The summed E-state index contributed by atoms with van der Waals surface area (Å²) in [6.07, 6.45) is 4.29. The van der Waals surface area contributed by atoms with E-state index in [4.69, 9.17) is 0 Å². The van der Waals surface area contributed by atoms with Gasteiger partial charge in [-0.2, -0.15) is 4.37 Å². The predicted octanol–water partition coefficient (Wildman–Crippen LogP) is 0.767. The summed E-state index contributed by atoms with van der Waals surface area (Å²) in [5.74, 6) is 1.53. The number of nitrogens with zero attached hydrogens (tertiary/aromatic N) is 2. The molecule has 2 N–H and O–H groups in total. The Kier molecular flexibility index (Phi) is 3.95. The molecule has 2 rings (SSSR count). The zero-order chi connectivity index (χ0) is 12.3. The van der Waals surface area contributed by atoms with Gasteiger partial charge in [-0.1, -0.05) is 0 Å². The molecular formula is C9H16N4O2S2. The van der Waals surface area contributed by atoms with Crippen molar-refractivity contribution in [3.63, 3.8) is 0 Å². The van der Waals surface area contributed by atoms with Crippen molar-refractivity contribution in [3.05, 3.63) is 5.82 Å². The van der Waals surface area contributed by atoms with Crippen LogP contribution in [0.15, 0.2) is 0 Å². The Morgan fingerprint density at radius 1 is 1.41 bits per heavy atom. The Bertz CT molecular complexity index is 467. The standard InChI is InChI=1S/C9H16N4O2S2/c1-17(14,15)11-6-2-5-10-9-12-8(13-16-9)7-3-4-7/h7,11H,2-6H2,1H3,(H,10,12,13). The van der Waals surface area contributed by atoms with Crippen molar-refractivity contribution in [2.75, 3.05) is 24.7 Å². The van der Waals surface area contributed by atoms with Gasteiger partial charge in [0.05, 0.1) is 6.26 Å². The monoisotopic (exact) mass is 276 g/mol. The number of hydrogen-bond donors (Lipinski definition) is 2. The average molecular weight is 276 g/mol. The first-order valence-corrected chi connectivity index (χ1v) is 8.23. The predicted molar refractivity (Wildman–Crippen MR) is 67.8 cm³/mol. The molecule has 1 heterocycles. The van der Waals surface area contributed by atoms with Gasteiger partial charge in [-0.05, 0) is 19.3 Å². The highest BCUT2D eigenvalue weighted by atomic mass is 32.2. The van der Waals surface area contributed by atoms with Gasteiger partial charge >= 0.3 is 0 Å². The van der Waals surface area contributed by atoms with Gasteiger partial charge in [0.15, 0.2) is 0 Å². The topological polar surface area (TPSA) is 84.0 Å². The fraction of sp³-hybridized carbons (Fsp3) is 0.778. The molecule has 1 fully saturated rings. The lowest BCUT2D eigenvalue weighted by Crippen LogP contribution is -2.24. The number of rotatable bonds is 7. The minimum Gasteiger partial charge on any atom is -0.360 e. The first-order chi connectivity index (χ1) is 8.04. The SMILES string of the molecule is CS(=O)(=O)NCCCNc1nc(C2CC2)ns1. The largest absolute Gasteiger partial charge is 0.360 e. The highest BCUT2D eigenvalue weighted by Gasteiger charge is 2.27. The lowest BCUT2D eigenvalue weighted by atomic mass is 10.4. The summed E-state index contributed by atoms with van der Waals surface area (Å²) < 4.78 is 28.3. The fourth-order valence-electron chi connectivity index (χ4n) is 1.36. The molecule has 1 saturated carbocycles. The minimum atomic E-state index is -3.07. The third-order valence-electron chi connectivity index (χ3n) is 2.38. The quantitative estimate of drug-likeness (QED) is 0.719. The molecule has 0 spiro atoms. The Balaban J connectivity index is 1.64. The van der Waals surface area contributed by atoms with Gasteiger partial charge in [0, 0.05) is 30.5 Å². The van der Waals surface area contributed by atoms with Crippen LogP contribution in [-0.4, -0.2) is 37.1 Å². The molecule has 1 aliphatic rings. The van der Waals surface area contributed by atoms with Crippen molar-refractivity contribution < 1.29 is 8.42 Å².